The SMILES string of the molecule is COCCOc1ccc(NC(=O)NCCc2cccs2)cn1. The van der Waals surface area contributed by atoms with Gasteiger partial charge < -0.3 is 20.1 Å². The molecule has 2 aromatic heterocycles. The van der Waals surface area contributed by atoms with Crippen LogP contribution in [0.3, 0.4) is 0 Å². The van der Waals surface area contributed by atoms with Gasteiger partial charge in [0.25, 0.3) is 0 Å². The molecule has 0 unspecified atom stereocenters. The molecule has 2 aromatic rings. The summed E-state index contributed by atoms with van der Waals surface area (Å²) in [5.41, 5.74) is 0.618. The minimum atomic E-state index is -0.244. The predicted molar refractivity (Wildman–Crippen MR) is 86.7 cm³/mol. The van der Waals surface area contributed by atoms with Crippen molar-refractivity contribution < 1.29 is 14.3 Å². The first-order valence-corrected chi connectivity index (χ1v) is 7.81. The quantitative estimate of drug-likeness (QED) is 0.733. The van der Waals surface area contributed by atoms with Crippen LogP contribution >= 0.6 is 11.3 Å². The molecule has 0 atom stereocenters. The molecule has 0 radical (unpaired) electrons. The van der Waals surface area contributed by atoms with Gasteiger partial charge in [-0.15, -0.1) is 11.3 Å². The Bertz CT molecular complexity index is 558. The number of carbonyl (C=O) groups is 1. The van der Waals surface area contributed by atoms with Crippen molar-refractivity contribution >= 4 is 23.1 Å². The first-order chi connectivity index (χ1) is 10.8. The highest BCUT2D eigenvalue weighted by Crippen LogP contribution is 2.11. The van der Waals surface area contributed by atoms with Crippen molar-refractivity contribution in [3.8, 4) is 5.88 Å². The molecule has 0 spiro atoms. The molecule has 0 saturated heterocycles. The van der Waals surface area contributed by atoms with Gasteiger partial charge >= 0.3 is 6.03 Å². The Morgan fingerprint density at radius 2 is 2.23 bits per heavy atom. The lowest BCUT2D eigenvalue weighted by atomic mass is 10.3. The number of nitrogens with one attached hydrogen (secondary N) is 2. The van der Waals surface area contributed by atoms with Gasteiger partial charge in [0.05, 0.1) is 18.5 Å². The van der Waals surface area contributed by atoms with E-state index in [1.165, 1.54) is 4.88 Å². The molecule has 2 amide bonds. The van der Waals surface area contributed by atoms with E-state index in [0.717, 1.165) is 6.42 Å². The average Bonchev–Trinajstić information content (AvgIpc) is 3.03. The molecular weight excluding hydrogens is 302 g/mol. The Kier molecular flexibility index (Phi) is 6.66. The third-order valence-electron chi connectivity index (χ3n) is 2.77. The minimum Gasteiger partial charge on any atom is -0.475 e. The number of thiophene rings is 1. The highest BCUT2D eigenvalue weighted by Gasteiger charge is 2.03. The van der Waals surface area contributed by atoms with Gasteiger partial charge in [-0.1, -0.05) is 6.07 Å². The summed E-state index contributed by atoms with van der Waals surface area (Å²) in [6.45, 7) is 1.55. The summed E-state index contributed by atoms with van der Waals surface area (Å²) in [5, 5.41) is 7.56. The lowest BCUT2D eigenvalue weighted by molar-refractivity contribution is 0.144. The first-order valence-electron chi connectivity index (χ1n) is 6.93. The van der Waals surface area contributed by atoms with Crippen molar-refractivity contribution in [2.24, 2.45) is 0 Å². The topological polar surface area (TPSA) is 72.5 Å². The van der Waals surface area contributed by atoms with Gasteiger partial charge in [0, 0.05) is 24.6 Å². The summed E-state index contributed by atoms with van der Waals surface area (Å²) in [6.07, 6.45) is 2.39. The molecule has 0 aromatic carbocycles. The van der Waals surface area contributed by atoms with Crippen LogP contribution in [-0.4, -0.2) is 37.9 Å². The van der Waals surface area contributed by atoms with E-state index in [0.29, 0.717) is 31.3 Å². The molecule has 2 rings (SSSR count). The minimum absolute atomic E-state index is 0.244. The van der Waals surface area contributed by atoms with Crippen LogP contribution in [0.2, 0.25) is 0 Å². The van der Waals surface area contributed by atoms with Crippen LogP contribution in [0.4, 0.5) is 10.5 Å². The number of carbonyl (C=O) groups excluding carboxylic acids is 1. The fraction of sp³-hybridized carbons (Fsp3) is 0.333. The molecule has 0 saturated carbocycles. The Balaban J connectivity index is 1.69. The first kappa shape index (κ1) is 16.3. The largest absolute Gasteiger partial charge is 0.475 e. The zero-order valence-electron chi connectivity index (χ0n) is 12.4. The molecule has 118 valence electrons. The van der Waals surface area contributed by atoms with Gasteiger partial charge in [0.2, 0.25) is 5.88 Å². The second kappa shape index (κ2) is 9.01. The number of pyridine rings is 1. The zero-order valence-corrected chi connectivity index (χ0v) is 13.2. The summed E-state index contributed by atoms with van der Waals surface area (Å²) >= 11 is 1.68. The summed E-state index contributed by atoms with van der Waals surface area (Å²) in [5.74, 6) is 0.501. The van der Waals surface area contributed by atoms with Gasteiger partial charge in [-0.05, 0) is 23.9 Å². The van der Waals surface area contributed by atoms with Crippen LogP contribution < -0.4 is 15.4 Å². The Labute approximate surface area is 133 Å². The average molecular weight is 321 g/mol. The third-order valence-corrected chi connectivity index (χ3v) is 3.70. The summed E-state index contributed by atoms with van der Waals surface area (Å²) in [6, 6.07) is 7.26. The van der Waals surface area contributed by atoms with Crippen molar-refractivity contribution in [1.29, 1.82) is 0 Å². The maximum absolute atomic E-state index is 11.7. The number of rotatable bonds is 8. The molecule has 7 heteroatoms. The maximum Gasteiger partial charge on any atom is 0.319 e. The number of amides is 2. The van der Waals surface area contributed by atoms with Gasteiger partial charge in [0.15, 0.2) is 0 Å². The highest BCUT2D eigenvalue weighted by atomic mass is 32.1. The van der Waals surface area contributed by atoms with E-state index in [4.69, 9.17) is 9.47 Å². The standard InChI is InChI=1S/C15H19N3O3S/c1-20-8-9-21-14-5-4-12(11-17-14)18-15(19)16-7-6-13-3-2-10-22-13/h2-5,10-11H,6-9H2,1H3,(H2,16,18,19). The van der Waals surface area contributed by atoms with Crippen molar-refractivity contribution in [2.75, 3.05) is 32.2 Å². The van der Waals surface area contributed by atoms with Crippen LogP contribution in [0, 0.1) is 0 Å². The number of aromatic nitrogens is 1. The lowest BCUT2D eigenvalue weighted by Gasteiger charge is -2.08. The van der Waals surface area contributed by atoms with Gasteiger partial charge in [-0.25, -0.2) is 9.78 Å². The molecule has 6 nitrogen and oxygen atoms in total. The van der Waals surface area contributed by atoms with Gasteiger partial charge in [-0.2, -0.15) is 0 Å². The molecule has 0 aliphatic carbocycles. The summed E-state index contributed by atoms with van der Waals surface area (Å²) in [4.78, 5) is 17.1. The Morgan fingerprint density at radius 1 is 1.32 bits per heavy atom. The van der Waals surface area contributed by atoms with Gasteiger partial charge in [0.1, 0.15) is 6.61 Å². The van der Waals surface area contributed by atoms with E-state index < -0.39 is 0 Å². The maximum atomic E-state index is 11.7. The van der Waals surface area contributed by atoms with Crippen LogP contribution in [0.1, 0.15) is 4.88 Å². The lowest BCUT2D eigenvalue weighted by Crippen LogP contribution is -2.30. The molecule has 0 aliphatic rings. The van der Waals surface area contributed by atoms with E-state index in [2.05, 4.69) is 21.7 Å². The van der Waals surface area contributed by atoms with E-state index >= 15 is 0 Å². The summed E-state index contributed by atoms with van der Waals surface area (Å²) < 4.78 is 10.2. The van der Waals surface area contributed by atoms with E-state index in [-0.39, 0.29) is 6.03 Å². The van der Waals surface area contributed by atoms with Crippen LogP contribution in [0.15, 0.2) is 35.8 Å². The van der Waals surface area contributed by atoms with Crippen molar-refractivity contribution in [2.45, 2.75) is 6.42 Å². The van der Waals surface area contributed by atoms with E-state index in [9.17, 15) is 4.79 Å². The molecule has 22 heavy (non-hydrogen) atoms. The fourth-order valence-electron chi connectivity index (χ4n) is 1.70. The van der Waals surface area contributed by atoms with Crippen LogP contribution in [0.25, 0.3) is 0 Å². The molecule has 0 bridgehead atoms. The normalized spacial score (nSPS) is 10.2. The van der Waals surface area contributed by atoms with E-state index in [1.54, 1.807) is 36.8 Å². The predicted octanol–water partition coefficient (Wildman–Crippen LogP) is 2.53. The van der Waals surface area contributed by atoms with E-state index in [1.807, 2.05) is 11.4 Å². The van der Waals surface area contributed by atoms with Crippen LogP contribution in [-0.2, 0) is 11.2 Å². The number of anilines is 1. The van der Waals surface area contributed by atoms with Crippen molar-refractivity contribution in [3.05, 3.63) is 40.7 Å². The molecule has 0 aliphatic heterocycles. The number of hydrogen-bond donors (Lipinski definition) is 2. The van der Waals surface area contributed by atoms with Crippen LogP contribution in [0.5, 0.6) is 5.88 Å². The molecule has 2 N–H and O–H groups in total. The summed E-state index contributed by atoms with van der Waals surface area (Å²) in [7, 11) is 1.61. The third kappa shape index (κ3) is 5.71. The second-order valence-electron chi connectivity index (χ2n) is 4.44. The number of methoxy groups -OCH3 is 1. The highest BCUT2D eigenvalue weighted by molar-refractivity contribution is 7.09. The molecular formula is C15H19N3O3S. The van der Waals surface area contributed by atoms with Crippen molar-refractivity contribution in [1.82, 2.24) is 10.3 Å². The number of ether oxygens (including phenoxy) is 2. The van der Waals surface area contributed by atoms with Gasteiger partial charge in [-0.3, -0.25) is 0 Å². The smallest absolute Gasteiger partial charge is 0.319 e. The zero-order chi connectivity index (χ0) is 15.6. The Morgan fingerprint density at radius 3 is 2.91 bits per heavy atom. The van der Waals surface area contributed by atoms with Crippen molar-refractivity contribution in [3.63, 3.8) is 0 Å². The number of urea groups is 1. The number of hydrogen-bond acceptors (Lipinski definition) is 5. The number of nitrogens with zero attached hydrogens (tertiary/aromatic N) is 1. The molecule has 2 heterocycles. The monoisotopic (exact) mass is 321 g/mol. The Hall–Kier alpha value is -2.12. The second-order valence-corrected chi connectivity index (χ2v) is 5.47. The fourth-order valence-corrected chi connectivity index (χ4v) is 2.41. The molecule has 0 fully saturated rings.